The van der Waals surface area contributed by atoms with Crippen LogP contribution in [0.1, 0.15) is 83.1 Å². The van der Waals surface area contributed by atoms with Crippen molar-refractivity contribution in [1.29, 1.82) is 0 Å². The third kappa shape index (κ3) is 3.36. The second-order valence-corrected chi connectivity index (χ2v) is 47.7. The van der Waals surface area contributed by atoms with Crippen molar-refractivity contribution in [3.8, 4) is 0 Å². The summed E-state index contributed by atoms with van der Waals surface area (Å²) in [4.78, 5) is 0. The van der Waals surface area contributed by atoms with Gasteiger partial charge in [0.2, 0.25) is 0 Å². The van der Waals surface area contributed by atoms with Crippen LogP contribution in [0.3, 0.4) is 0 Å². The van der Waals surface area contributed by atoms with Crippen molar-refractivity contribution in [2.75, 3.05) is 0 Å². The van der Waals surface area contributed by atoms with Crippen molar-refractivity contribution >= 4 is 38.6 Å². The molecule has 0 aliphatic carbocycles. The second-order valence-electron chi connectivity index (χ2n) is 12.1. The summed E-state index contributed by atoms with van der Waals surface area (Å²) in [6.45, 7) is 28.9. The third-order valence-electron chi connectivity index (χ3n) is 5.37. The molecule has 1 saturated heterocycles. The summed E-state index contributed by atoms with van der Waals surface area (Å²) in [7, 11) is 0. The molecule has 0 aromatic heterocycles. The number of hydrogen-bond acceptors (Lipinski definition) is 4. The van der Waals surface area contributed by atoms with Crippen LogP contribution in [0.5, 0.6) is 0 Å². The predicted octanol–water partition coefficient (Wildman–Crippen LogP) is 3.65. The molecular formula is C20H40N4Se2Si2. The van der Waals surface area contributed by atoms with E-state index in [4.69, 9.17) is 0 Å². The molecule has 0 N–H and O–H groups in total. The van der Waals surface area contributed by atoms with E-state index in [0.717, 1.165) is 0 Å². The number of nitrogens with zero attached hydrogens (tertiary/aromatic N) is 4. The fourth-order valence-electron chi connectivity index (χ4n) is 4.21. The Morgan fingerprint density at radius 3 is 0.750 bits per heavy atom. The predicted molar refractivity (Wildman–Crippen MR) is 128 cm³/mol. The van der Waals surface area contributed by atoms with E-state index in [1.54, 1.807) is 0 Å². The van der Waals surface area contributed by atoms with E-state index in [1.807, 2.05) is 0 Å². The summed E-state index contributed by atoms with van der Waals surface area (Å²) in [5.41, 5.74) is -2.53. The fourth-order valence-corrected chi connectivity index (χ4v) is 97.6. The van der Waals surface area contributed by atoms with E-state index in [2.05, 4.69) is 126 Å². The van der Waals surface area contributed by atoms with Gasteiger partial charge in [0.25, 0.3) is 0 Å². The Balaban J connectivity index is 2.06. The van der Waals surface area contributed by atoms with Crippen LogP contribution in [-0.4, -0.2) is 79.0 Å². The molecule has 3 aliphatic heterocycles. The number of hydrogen-bond donors (Lipinski definition) is 0. The van der Waals surface area contributed by atoms with Crippen LogP contribution < -0.4 is 0 Å². The van der Waals surface area contributed by atoms with Gasteiger partial charge < -0.3 is 0 Å². The number of rotatable bonds is 0. The van der Waals surface area contributed by atoms with E-state index in [1.165, 1.54) is 0 Å². The molecule has 0 bridgehead atoms. The van der Waals surface area contributed by atoms with Gasteiger partial charge in [-0.15, -0.1) is 0 Å². The zero-order valence-corrected chi connectivity index (χ0v) is 25.3. The first-order valence-corrected chi connectivity index (χ1v) is 24.0. The van der Waals surface area contributed by atoms with Gasteiger partial charge in [-0.25, -0.2) is 0 Å². The van der Waals surface area contributed by atoms with Crippen LogP contribution in [0, 0.1) is 0 Å². The average Bonchev–Trinajstić information content (AvgIpc) is 2.96. The van der Waals surface area contributed by atoms with Crippen molar-refractivity contribution < 1.29 is 0 Å². The first-order valence-electron chi connectivity index (χ1n) is 10.3. The van der Waals surface area contributed by atoms with E-state index in [0.29, 0.717) is 27.4 Å². The topological polar surface area (TPSA) is 13.0 Å². The Hall–Kier alpha value is 0.153. The van der Waals surface area contributed by atoms with Gasteiger partial charge in [0.1, 0.15) is 0 Å². The molecular weight excluding hydrogens is 510 g/mol. The molecule has 8 heteroatoms. The van der Waals surface area contributed by atoms with Gasteiger partial charge in [0.05, 0.1) is 0 Å². The van der Waals surface area contributed by atoms with E-state index >= 15 is 0 Å². The van der Waals surface area contributed by atoms with Gasteiger partial charge in [-0.3, -0.25) is 0 Å². The van der Waals surface area contributed by atoms with Crippen molar-refractivity contribution in [2.24, 2.45) is 0 Å². The van der Waals surface area contributed by atoms with Crippen molar-refractivity contribution in [2.45, 2.75) is 105 Å². The molecule has 28 heavy (non-hydrogen) atoms. The molecule has 3 rings (SSSR count). The molecule has 0 radical (unpaired) electrons. The standard InChI is InChI=1S/C20H40N4Se2Si2/c1-17(2,3)21-13-14-22(18(4,5)6)27(21)25-28(26-27)23(19(7,8)9)15-16-24(28)20(10,11)12/h13-16H,1-12H3. The zero-order valence-electron chi connectivity index (χ0n) is 19.9. The maximum absolute atomic E-state index is 2.85. The van der Waals surface area contributed by atoms with Gasteiger partial charge in [-0.2, -0.15) is 0 Å². The molecule has 4 nitrogen and oxygen atoms in total. The molecule has 160 valence electrons. The van der Waals surface area contributed by atoms with E-state index < -0.39 is 11.2 Å². The van der Waals surface area contributed by atoms with Crippen molar-refractivity contribution in [3.63, 3.8) is 0 Å². The van der Waals surface area contributed by atoms with E-state index in [-0.39, 0.29) is 22.2 Å². The first kappa shape index (κ1) is 22.8. The molecule has 0 unspecified atom stereocenters. The summed E-state index contributed by atoms with van der Waals surface area (Å²) >= 11 is 1.29. The third-order valence-corrected chi connectivity index (χ3v) is 78.0. The summed E-state index contributed by atoms with van der Waals surface area (Å²) in [6.07, 6.45) is 9.81. The molecule has 0 aromatic carbocycles. The normalized spacial score (nSPS) is 24.1. The van der Waals surface area contributed by atoms with Gasteiger partial charge in [0, 0.05) is 0 Å². The van der Waals surface area contributed by atoms with E-state index in [9.17, 15) is 0 Å². The second kappa shape index (κ2) is 6.33. The van der Waals surface area contributed by atoms with Crippen LogP contribution in [0.2, 0.25) is 0 Å². The summed E-state index contributed by atoms with van der Waals surface area (Å²) in [5.74, 6) is 0. The SMILES string of the molecule is CC(C)(C)N1C=CN(C(C)(C)C)[Si]12[Se][Si]1([Se]2)N(C(C)(C)C)C=CN1C(C)(C)C. The first-order chi connectivity index (χ1) is 12.4. The maximum atomic E-state index is 2.85. The molecule has 0 amide bonds. The van der Waals surface area contributed by atoms with Gasteiger partial charge >= 0.3 is 187 Å². The minimum absolute atomic E-state index is 0.202. The Labute approximate surface area is 186 Å². The summed E-state index contributed by atoms with van der Waals surface area (Å²) in [5, 5.41) is 0. The van der Waals surface area contributed by atoms with Crippen LogP contribution in [0.25, 0.3) is 0 Å². The Bertz CT molecular complexity index is 579. The Morgan fingerprint density at radius 2 is 0.607 bits per heavy atom. The van der Waals surface area contributed by atoms with Crippen molar-refractivity contribution in [3.05, 3.63) is 24.8 Å². The molecule has 3 heterocycles. The van der Waals surface area contributed by atoms with Gasteiger partial charge in [0.15, 0.2) is 0 Å². The van der Waals surface area contributed by atoms with Crippen LogP contribution >= 0.6 is 0 Å². The fraction of sp³-hybridized carbons (Fsp3) is 0.800. The average molecular weight is 551 g/mol. The monoisotopic (exact) mass is 552 g/mol. The van der Waals surface area contributed by atoms with Gasteiger partial charge in [-0.05, 0) is 0 Å². The Morgan fingerprint density at radius 1 is 0.429 bits per heavy atom. The zero-order chi connectivity index (χ0) is 21.6. The molecule has 0 aromatic rings. The van der Waals surface area contributed by atoms with Crippen LogP contribution in [0.15, 0.2) is 24.8 Å². The van der Waals surface area contributed by atoms with Crippen LogP contribution in [0.4, 0.5) is 0 Å². The summed E-state index contributed by atoms with van der Waals surface area (Å²) < 4.78 is 11.4. The molecule has 1 fully saturated rings. The van der Waals surface area contributed by atoms with Crippen molar-refractivity contribution in [1.82, 2.24) is 18.3 Å². The molecule has 0 saturated carbocycles. The summed E-state index contributed by atoms with van der Waals surface area (Å²) in [6, 6.07) is 0. The molecule has 2 spiro atoms. The quantitative estimate of drug-likeness (QED) is 0.427. The Kier molecular flexibility index (Phi) is 5.16. The minimum atomic E-state index is -1.67. The molecule has 0 atom stereocenters. The van der Waals surface area contributed by atoms with Gasteiger partial charge in [-0.1, -0.05) is 0 Å². The molecule has 3 aliphatic rings. The van der Waals surface area contributed by atoms with Crippen LogP contribution in [-0.2, 0) is 0 Å².